The third kappa shape index (κ3) is 4.91. The molecule has 2 aliphatic rings. The van der Waals surface area contributed by atoms with Crippen molar-refractivity contribution in [1.82, 2.24) is 9.71 Å². The summed E-state index contributed by atoms with van der Waals surface area (Å²) in [5.41, 5.74) is -6.43. The van der Waals surface area contributed by atoms with Gasteiger partial charge in [-0.2, -0.15) is 26.3 Å². The number of rotatable bonds is 8. The van der Waals surface area contributed by atoms with Crippen molar-refractivity contribution in [3.8, 4) is 0 Å². The minimum atomic E-state index is -5.64. The van der Waals surface area contributed by atoms with Crippen LogP contribution in [0.25, 0.3) is 0 Å². The highest BCUT2D eigenvalue weighted by Crippen LogP contribution is 2.56. The minimum Gasteiger partial charge on any atom is -0.276 e. The van der Waals surface area contributed by atoms with E-state index >= 15 is 0 Å². The largest absolute Gasteiger partial charge is 0.501 e. The molecule has 11 nitrogen and oxygen atoms in total. The number of sulfone groups is 1. The number of urea groups is 1. The zero-order valence-corrected chi connectivity index (χ0v) is 22.8. The molecular weight excluding hydrogens is 587 g/mol. The highest BCUT2D eigenvalue weighted by atomic mass is 32.2. The minimum absolute atomic E-state index is 0.0261. The van der Waals surface area contributed by atoms with Crippen LogP contribution in [0, 0.1) is 5.92 Å². The van der Waals surface area contributed by atoms with E-state index in [0.717, 1.165) is 21.9 Å². The molecule has 1 saturated heterocycles. The monoisotopic (exact) mass is 609 g/mol. The third-order valence-electron chi connectivity index (χ3n) is 6.93. The van der Waals surface area contributed by atoms with Crippen LogP contribution in [0.15, 0.2) is 78.0 Å². The summed E-state index contributed by atoms with van der Waals surface area (Å²) >= 11 is 0. The molecule has 2 aromatic carbocycles. The van der Waals surface area contributed by atoms with Crippen molar-refractivity contribution in [2.45, 2.75) is 35.8 Å². The number of nitrogens with zero attached hydrogens (tertiary/aromatic N) is 3. The highest BCUT2D eigenvalue weighted by Gasteiger charge is 2.71. The fourth-order valence-corrected chi connectivity index (χ4v) is 6.37. The number of hydrogen-bond acceptors (Lipinski definition) is 7. The number of halogens is 3. The summed E-state index contributed by atoms with van der Waals surface area (Å²) in [5, 5.41) is 0. The lowest BCUT2D eigenvalue weighted by atomic mass is 10.1. The summed E-state index contributed by atoms with van der Waals surface area (Å²) in [5.74, 6) is -1.03. The molecule has 2 heterocycles. The van der Waals surface area contributed by atoms with Crippen LogP contribution in [0.5, 0.6) is 0 Å². The van der Waals surface area contributed by atoms with E-state index in [1.54, 1.807) is 37.3 Å². The van der Waals surface area contributed by atoms with E-state index in [9.17, 15) is 39.6 Å². The van der Waals surface area contributed by atoms with E-state index in [0.29, 0.717) is 17.7 Å². The number of alkyl halides is 3. The van der Waals surface area contributed by atoms with E-state index in [1.165, 1.54) is 18.5 Å². The highest BCUT2D eigenvalue weighted by molar-refractivity contribution is 7.92. The first-order valence-electron chi connectivity index (χ1n) is 12.0. The molecule has 3 amide bonds. The zero-order valence-electron chi connectivity index (χ0n) is 21.2. The second kappa shape index (κ2) is 9.81. The Kier molecular flexibility index (Phi) is 6.82. The SMILES string of the molecule is CC1CC12C(=O)N(c1ccc(S(=O)(=O)C(F)(F)F)cc1)C(=O)N2c1ccncc1NS(=O)(=O)NCc1ccccc1. The second-order valence-electron chi connectivity index (χ2n) is 9.54. The van der Waals surface area contributed by atoms with Crippen molar-refractivity contribution in [2.24, 2.45) is 5.92 Å². The maximum Gasteiger partial charge on any atom is 0.501 e. The summed E-state index contributed by atoms with van der Waals surface area (Å²) in [6, 6.07) is 12.4. The van der Waals surface area contributed by atoms with Gasteiger partial charge in [-0.3, -0.25) is 19.4 Å². The zero-order chi connectivity index (χ0) is 29.8. The Bertz CT molecular complexity index is 1740. The quantitative estimate of drug-likeness (QED) is 0.372. The van der Waals surface area contributed by atoms with E-state index in [2.05, 4.69) is 14.4 Å². The summed E-state index contributed by atoms with van der Waals surface area (Å²) in [6.45, 7) is 1.69. The van der Waals surface area contributed by atoms with Gasteiger partial charge >= 0.3 is 11.5 Å². The Hall–Kier alpha value is -4.02. The number of amides is 3. The average molecular weight is 610 g/mol. The van der Waals surface area contributed by atoms with Crippen LogP contribution in [-0.4, -0.2) is 44.8 Å². The number of carbonyl (C=O) groups is 2. The van der Waals surface area contributed by atoms with E-state index < -0.39 is 47.9 Å². The van der Waals surface area contributed by atoms with Crippen LogP contribution in [-0.2, 0) is 31.4 Å². The number of carbonyl (C=O) groups excluding carboxylic acids is 2. The summed E-state index contributed by atoms with van der Waals surface area (Å²) in [6.07, 6.45) is 2.72. The first-order chi connectivity index (χ1) is 19.2. The lowest BCUT2D eigenvalue weighted by molar-refractivity contribution is -0.119. The van der Waals surface area contributed by atoms with Gasteiger partial charge in [0.25, 0.3) is 26.0 Å². The van der Waals surface area contributed by atoms with Crippen molar-refractivity contribution in [2.75, 3.05) is 14.5 Å². The number of hydrogen-bond donors (Lipinski definition) is 2. The molecule has 41 heavy (non-hydrogen) atoms. The van der Waals surface area contributed by atoms with Gasteiger partial charge in [0.1, 0.15) is 5.54 Å². The Morgan fingerprint density at radius 1 is 1.00 bits per heavy atom. The lowest BCUT2D eigenvalue weighted by Gasteiger charge is -2.25. The normalized spacial score (nSPS) is 21.0. The van der Waals surface area contributed by atoms with Crippen molar-refractivity contribution in [1.29, 1.82) is 0 Å². The molecule has 1 spiro atoms. The Morgan fingerprint density at radius 2 is 1.63 bits per heavy atom. The molecular formula is C25H22F3N5O6S2. The van der Waals surface area contributed by atoms with Crippen LogP contribution in [0.1, 0.15) is 18.9 Å². The molecule has 16 heteroatoms. The van der Waals surface area contributed by atoms with Crippen molar-refractivity contribution in [3.05, 3.63) is 78.6 Å². The number of aromatic nitrogens is 1. The van der Waals surface area contributed by atoms with E-state index in [1.807, 2.05) is 0 Å². The van der Waals surface area contributed by atoms with Gasteiger partial charge in [-0.05, 0) is 48.2 Å². The molecule has 216 valence electrons. The molecule has 0 bridgehead atoms. The molecule has 1 aliphatic carbocycles. The summed E-state index contributed by atoms with van der Waals surface area (Å²) in [4.78, 5) is 32.1. The van der Waals surface area contributed by atoms with Gasteiger partial charge in [-0.1, -0.05) is 37.3 Å². The Labute approximate surface area is 233 Å². The lowest BCUT2D eigenvalue weighted by Crippen LogP contribution is -2.40. The molecule has 2 fully saturated rings. The first-order valence-corrected chi connectivity index (χ1v) is 15.0. The predicted octanol–water partition coefficient (Wildman–Crippen LogP) is 3.57. The maximum absolute atomic E-state index is 13.7. The van der Waals surface area contributed by atoms with E-state index in [4.69, 9.17) is 0 Å². The fourth-order valence-electron chi connectivity index (χ4n) is 4.73. The molecule has 2 atom stereocenters. The van der Waals surface area contributed by atoms with Gasteiger partial charge in [0.2, 0.25) is 0 Å². The molecule has 1 aliphatic heterocycles. The number of anilines is 3. The second-order valence-corrected chi connectivity index (χ2v) is 13.0. The number of imide groups is 1. The Balaban J connectivity index is 1.46. The predicted molar refractivity (Wildman–Crippen MR) is 142 cm³/mol. The topological polar surface area (TPSA) is 146 Å². The first kappa shape index (κ1) is 28.5. The molecule has 0 radical (unpaired) electrons. The van der Waals surface area contributed by atoms with Crippen LogP contribution >= 0.6 is 0 Å². The molecule has 1 aromatic heterocycles. The van der Waals surface area contributed by atoms with Gasteiger partial charge < -0.3 is 0 Å². The molecule has 2 N–H and O–H groups in total. The maximum atomic E-state index is 13.7. The molecule has 3 aromatic rings. The van der Waals surface area contributed by atoms with Crippen molar-refractivity contribution < 1.29 is 39.6 Å². The third-order valence-corrected chi connectivity index (χ3v) is 9.45. The summed E-state index contributed by atoms with van der Waals surface area (Å²) < 4.78 is 92.8. The van der Waals surface area contributed by atoms with Crippen LogP contribution in [0.4, 0.5) is 35.0 Å². The fraction of sp³-hybridized carbons (Fsp3) is 0.240. The standard InChI is InChI=1S/C25H22F3N5O6S2/c1-16-13-24(16)22(34)32(18-7-9-19(10-8-18)40(36,37)25(26,27)28)23(35)33(24)21-11-12-29-15-20(21)31-41(38,39)30-14-17-5-3-2-4-6-17/h2-12,15-16,30-31H,13-14H2,1H3. The molecule has 1 saturated carbocycles. The molecule has 5 rings (SSSR count). The van der Waals surface area contributed by atoms with E-state index in [-0.39, 0.29) is 35.9 Å². The van der Waals surface area contributed by atoms with Gasteiger partial charge in [0.15, 0.2) is 0 Å². The van der Waals surface area contributed by atoms with Crippen molar-refractivity contribution >= 4 is 49.0 Å². The molecule has 2 unspecified atom stereocenters. The van der Waals surface area contributed by atoms with Gasteiger partial charge in [-0.25, -0.2) is 18.1 Å². The Morgan fingerprint density at radius 3 is 2.22 bits per heavy atom. The van der Waals surface area contributed by atoms with Crippen molar-refractivity contribution in [3.63, 3.8) is 0 Å². The van der Waals surface area contributed by atoms with Gasteiger partial charge in [0, 0.05) is 12.7 Å². The number of nitrogens with one attached hydrogen (secondary N) is 2. The number of benzene rings is 2. The summed E-state index contributed by atoms with van der Waals surface area (Å²) in [7, 11) is -9.81. The van der Waals surface area contributed by atoms with Gasteiger partial charge in [0.05, 0.1) is 28.2 Å². The number of pyridine rings is 1. The van der Waals surface area contributed by atoms with Crippen LogP contribution in [0.3, 0.4) is 0 Å². The smallest absolute Gasteiger partial charge is 0.276 e. The van der Waals surface area contributed by atoms with Gasteiger partial charge in [-0.15, -0.1) is 0 Å². The van der Waals surface area contributed by atoms with Crippen LogP contribution < -0.4 is 19.2 Å². The van der Waals surface area contributed by atoms with Crippen LogP contribution in [0.2, 0.25) is 0 Å². The average Bonchev–Trinajstić information content (AvgIpc) is 3.54.